The summed E-state index contributed by atoms with van der Waals surface area (Å²) < 4.78 is 2.03. The summed E-state index contributed by atoms with van der Waals surface area (Å²) in [5.41, 5.74) is 1.27. The van der Waals surface area contributed by atoms with Crippen LogP contribution in [0.4, 0.5) is 0 Å². The van der Waals surface area contributed by atoms with Crippen LogP contribution in [-0.2, 0) is 13.1 Å². The average molecular weight is 252 g/mol. The van der Waals surface area contributed by atoms with E-state index in [0.29, 0.717) is 5.92 Å². The van der Waals surface area contributed by atoms with Gasteiger partial charge in [0.25, 0.3) is 0 Å². The Bertz CT molecular complexity index is 315. The van der Waals surface area contributed by atoms with E-state index in [1.165, 1.54) is 5.56 Å². The second-order valence-electron chi connectivity index (χ2n) is 5.17. The highest BCUT2D eigenvalue weighted by Crippen LogP contribution is 2.01. The van der Waals surface area contributed by atoms with Crippen molar-refractivity contribution in [3.63, 3.8) is 0 Å². The normalized spacial score (nSPS) is 11.7. The topological polar surface area (TPSA) is 33.1 Å². The molecule has 0 atom stereocenters. The predicted octanol–water partition coefficient (Wildman–Crippen LogP) is 1.97. The zero-order valence-corrected chi connectivity index (χ0v) is 12.3. The molecule has 1 aromatic heterocycles. The van der Waals surface area contributed by atoms with Gasteiger partial charge in [0.15, 0.2) is 0 Å². The number of nitrogens with zero attached hydrogens (tertiary/aromatic N) is 3. The second kappa shape index (κ2) is 8.27. The molecule has 0 aliphatic heterocycles. The molecule has 1 N–H and O–H groups in total. The zero-order valence-electron chi connectivity index (χ0n) is 12.3. The molecule has 0 saturated carbocycles. The van der Waals surface area contributed by atoms with E-state index in [0.717, 1.165) is 39.3 Å². The van der Waals surface area contributed by atoms with Crippen LogP contribution in [0.15, 0.2) is 12.4 Å². The van der Waals surface area contributed by atoms with E-state index >= 15 is 0 Å². The van der Waals surface area contributed by atoms with Crippen LogP contribution in [0.5, 0.6) is 0 Å². The third-order valence-corrected chi connectivity index (χ3v) is 3.07. The fourth-order valence-electron chi connectivity index (χ4n) is 1.98. The van der Waals surface area contributed by atoms with Crippen molar-refractivity contribution in [2.45, 2.75) is 40.8 Å². The minimum absolute atomic E-state index is 0.647. The highest BCUT2D eigenvalue weighted by molar-refractivity contribution is 5.03. The van der Waals surface area contributed by atoms with Crippen molar-refractivity contribution in [1.82, 2.24) is 20.0 Å². The lowest BCUT2D eigenvalue weighted by molar-refractivity contribution is 0.302. The van der Waals surface area contributed by atoms with Crippen LogP contribution >= 0.6 is 0 Å². The SMILES string of the molecule is CCN(CC)CCNCc1cnn(CC(C)C)c1. The molecular formula is C14H28N4. The maximum absolute atomic E-state index is 4.37. The Hall–Kier alpha value is -0.870. The predicted molar refractivity (Wildman–Crippen MR) is 76.6 cm³/mol. The largest absolute Gasteiger partial charge is 0.311 e. The fraction of sp³-hybridized carbons (Fsp3) is 0.786. The van der Waals surface area contributed by atoms with Gasteiger partial charge < -0.3 is 10.2 Å². The summed E-state index contributed by atoms with van der Waals surface area (Å²) in [7, 11) is 0. The number of hydrogen-bond donors (Lipinski definition) is 1. The lowest BCUT2D eigenvalue weighted by Crippen LogP contribution is -2.31. The summed E-state index contributed by atoms with van der Waals surface area (Å²) in [6, 6.07) is 0. The van der Waals surface area contributed by atoms with Gasteiger partial charge in [0.1, 0.15) is 0 Å². The van der Waals surface area contributed by atoms with Crippen LogP contribution in [0, 0.1) is 5.92 Å². The highest BCUT2D eigenvalue weighted by Gasteiger charge is 2.01. The first kappa shape index (κ1) is 15.2. The van der Waals surface area contributed by atoms with E-state index in [-0.39, 0.29) is 0 Å². The monoisotopic (exact) mass is 252 g/mol. The Kier molecular flexibility index (Phi) is 6.98. The van der Waals surface area contributed by atoms with Gasteiger partial charge in [-0.3, -0.25) is 4.68 Å². The minimum atomic E-state index is 0.647. The molecule has 1 heterocycles. The Labute approximate surface area is 111 Å². The van der Waals surface area contributed by atoms with Gasteiger partial charge in [0.2, 0.25) is 0 Å². The van der Waals surface area contributed by atoms with Crippen LogP contribution in [0.2, 0.25) is 0 Å². The minimum Gasteiger partial charge on any atom is -0.311 e. The van der Waals surface area contributed by atoms with Crippen LogP contribution < -0.4 is 5.32 Å². The van der Waals surface area contributed by atoms with Crippen molar-refractivity contribution in [1.29, 1.82) is 0 Å². The van der Waals surface area contributed by atoms with Crippen molar-refractivity contribution in [2.24, 2.45) is 5.92 Å². The Balaban J connectivity index is 2.21. The quantitative estimate of drug-likeness (QED) is 0.682. The van der Waals surface area contributed by atoms with Gasteiger partial charge in [-0.15, -0.1) is 0 Å². The third kappa shape index (κ3) is 5.65. The van der Waals surface area contributed by atoms with E-state index in [2.05, 4.69) is 49.2 Å². The van der Waals surface area contributed by atoms with Crippen LogP contribution in [0.3, 0.4) is 0 Å². The summed E-state index contributed by atoms with van der Waals surface area (Å²) in [5.74, 6) is 0.647. The molecule has 0 aliphatic rings. The molecule has 0 aliphatic carbocycles. The van der Waals surface area contributed by atoms with Crippen molar-refractivity contribution >= 4 is 0 Å². The number of rotatable bonds is 9. The Morgan fingerprint density at radius 3 is 2.67 bits per heavy atom. The molecule has 1 aromatic rings. The first-order valence-corrected chi connectivity index (χ1v) is 7.10. The molecule has 18 heavy (non-hydrogen) atoms. The highest BCUT2D eigenvalue weighted by atomic mass is 15.3. The van der Waals surface area contributed by atoms with Crippen LogP contribution in [0.25, 0.3) is 0 Å². The summed E-state index contributed by atoms with van der Waals surface area (Å²) >= 11 is 0. The van der Waals surface area contributed by atoms with Crippen molar-refractivity contribution in [2.75, 3.05) is 26.2 Å². The number of likely N-dealkylation sites (N-methyl/N-ethyl adjacent to an activating group) is 1. The maximum atomic E-state index is 4.37. The Morgan fingerprint density at radius 2 is 2.06 bits per heavy atom. The maximum Gasteiger partial charge on any atom is 0.0534 e. The molecule has 0 radical (unpaired) electrons. The summed E-state index contributed by atoms with van der Waals surface area (Å²) in [6.45, 7) is 15.2. The lowest BCUT2D eigenvalue weighted by atomic mass is 10.2. The van der Waals surface area contributed by atoms with Gasteiger partial charge in [-0.2, -0.15) is 5.10 Å². The summed E-state index contributed by atoms with van der Waals surface area (Å²) in [5, 5.41) is 7.84. The van der Waals surface area contributed by atoms with Crippen molar-refractivity contribution in [3.8, 4) is 0 Å². The number of aromatic nitrogens is 2. The van der Waals surface area contributed by atoms with Crippen LogP contribution in [0.1, 0.15) is 33.3 Å². The first-order valence-electron chi connectivity index (χ1n) is 7.10. The Morgan fingerprint density at radius 1 is 1.33 bits per heavy atom. The first-order chi connectivity index (χ1) is 8.65. The molecule has 0 aromatic carbocycles. The molecule has 0 spiro atoms. The fourth-order valence-corrected chi connectivity index (χ4v) is 1.98. The van der Waals surface area contributed by atoms with E-state index < -0.39 is 0 Å². The van der Waals surface area contributed by atoms with E-state index in [4.69, 9.17) is 0 Å². The van der Waals surface area contributed by atoms with Crippen LogP contribution in [-0.4, -0.2) is 40.9 Å². The smallest absolute Gasteiger partial charge is 0.0534 e. The molecule has 0 unspecified atom stereocenters. The lowest BCUT2D eigenvalue weighted by Gasteiger charge is -2.17. The molecule has 104 valence electrons. The molecule has 0 saturated heterocycles. The van der Waals surface area contributed by atoms with Gasteiger partial charge in [0.05, 0.1) is 6.20 Å². The van der Waals surface area contributed by atoms with E-state index in [1.807, 2.05) is 10.9 Å². The van der Waals surface area contributed by atoms with Gasteiger partial charge >= 0.3 is 0 Å². The molecular weight excluding hydrogens is 224 g/mol. The van der Waals surface area contributed by atoms with Gasteiger partial charge in [-0.05, 0) is 19.0 Å². The van der Waals surface area contributed by atoms with E-state index in [9.17, 15) is 0 Å². The third-order valence-electron chi connectivity index (χ3n) is 3.07. The summed E-state index contributed by atoms with van der Waals surface area (Å²) in [6.07, 6.45) is 4.11. The number of nitrogens with one attached hydrogen (secondary N) is 1. The standard InChI is InChI=1S/C14H28N4/c1-5-17(6-2)8-7-15-9-14-10-16-18(12-14)11-13(3)4/h10,12-13,15H,5-9,11H2,1-4H3. The molecule has 0 bridgehead atoms. The molecule has 1 rings (SSSR count). The van der Waals surface area contributed by atoms with E-state index in [1.54, 1.807) is 0 Å². The van der Waals surface area contributed by atoms with Gasteiger partial charge in [-0.25, -0.2) is 0 Å². The molecule has 0 amide bonds. The van der Waals surface area contributed by atoms with Crippen molar-refractivity contribution < 1.29 is 0 Å². The van der Waals surface area contributed by atoms with Gasteiger partial charge in [0, 0.05) is 37.9 Å². The average Bonchev–Trinajstić information content (AvgIpc) is 2.76. The molecule has 0 fully saturated rings. The molecule has 4 nitrogen and oxygen atoms in total. The van der Waals surface area contributed by atoms with Gasteiger partial charge in [-0.1, -0.05) is 27.7 Å². The zero-order chi connectivity index (χ0) is 13.4. The number of hydrogen-bond acceptors (Lipinski definition) is 3. The second-order valence-corrected chi connectivity index (χ2v) is 5.17. The van der Waals surface area contributed by atoms with Crippen molar-refractivity contribution in [3.05, 3.63) is 18.0 Å². The molecule has 4 heteroatoms. The summed E-state index contributed by atoms with van der Waals surface area (Å²) in [4.78, 5) is 2.43.